The molecule has 0 bridgehead atoms. The Kier molecular flexibility index (Phi) is 6.10. The molecule has 1 unspecified atom stereocenters. The molecule has 3 rings (SSSR count). The minimum atomic E-state index is -3.37. The predicted molar refractivity (Wildman–Crippen MR) is 104 cm³/mol. The zero-order valence-corrected chi connectivity index (χ0v) is 16.7. The van der Waals surface area contributed by atoms with Crippen LogP contribution in [0.25, 0.3) is 0 Å². The summed E-state index contributed by atoms with van der Waals surface area (Å²) >= 11 is 6.23. The van der Waals surface area contributed by atoms with E-state index in [9.17, 15) is 13.2 Å². The smallest absolute Gasteiger partial charge is 0.251 e. The third-order valence-electron chi connectivity index (χ3n) is 5.15. The molecule has 1 aromatic rings. The van der Waals surface area contributed by atoms with Crippen molar-refractivity contribution < 1.29 is 13.2 Å². The van der Waals surface area contributed by atoms with Crippen LogP contribution in [0.2, 0.25) is 5.02 Å². The SMILES string of the molecule is CC(CNC(=O)c1ccc(Cl)c(N2CCCCS2(=O)=O)c1)N1CCCC1. The number of likely N-dealkylation sites (tertiary alicyclic amines) is 1. The van der Waals surface area contributed by atoms with Gasteiger partial charge in [-0.15, -0.1) is 0 Å². The van der Waals surface area contributed by atoms with Crippen molar-refractivity contribution in [1.82, 2.24) is 10.2 Å². The summed E-state index contributed by atoms with van der Waals surface area (Å²) in [6.45, 7) is 5.24. The van der Waals surface area contributed by atoms with Crippen molar-refractivity contribution in [2.24, 2.45) is 0 Å². The predicted octanol–water partition coefficient (Wildman–Crippen LogP) is 2.48. The standard InChI is InChI=1S/C18H26ClN3O3S/c1-14(21-8-2-3-9-21)13-20-18(23)15-6-7-16(19)17(12-15)22-10-4-5-11-26(22,24)25/h6-7,12,14H,2-5,8-11,13H2,1H3,(H,20,23). The lowest BCUT2D eigenvalue weighted by atomic mass is 10.1. The fraction of sp³-hybridized carbons (Fsp3) is 0.611. The van der Waals surface area contributed by atoms with Gasteiger partial charge >= 0.3 is 0 Å². The summed E-state index contributed by atoms with van der Waals surface area (Å²) in [7, 11) is -3.37. The van der Waals surface area contributed by atoms with Gasteiger partial charge < -0.3 is 5.32 Å². The van der Waals surface area contributed by atoms with Gasteiger partial charge in [-0.05, 0) is 63.9 Å². The highest BCUT2D eigenvalue weighted by molar-refractivity contribution is 7.92. The van der Waals surface area contributed by atoms with Crippen LogP contribution in [0, 0.1) is 0 Å². The average molecular weight is 400 g/mol. The first-order valence-electron chi connectivity index (χ1n) is 9.21. The Morgan fingerprint density at radius 2 is 1.88 bits per heavy atom. The van der Waals surface area contributed by atoms with Crippen LogP contribution in [0.1, 0.15) is 43.0 Å². The molecule has 0 spiro atoms. The number of rotatable bonds is 5. The third kappa shape index (κ3) is 4.32. The van der Waals surface area contributed by atoms with Gasteiger partial charge in [-0.2, -0.15) is 0 Å². The Hall–Kier alpha value is -1.31. The Labute approximate surface area is 160 Å². The molecule has 6 nitrogen and oxygen atoms in total. The van der Waals surface area contributed by atoms with Gasteiger partial charge in [0, 0.05) is 24.7 Å². The molecule has 0 aliphatic carbocycles. The van der Waals surface area contributed by atoms with Gasteiger partial charge in [0.05, 0.1) is 16.5 Å². The maximum atomic E-state index is 12.5. The van der Waals surface area contributed by atoms with E-state index >= 15 is 0 Å². The highest BCUT2D eigenvalue weighted by Gasteiger charge is 2.28. The average Bonchev–Trinajstić information content (AvgIpc) is 3.14. The number of halogens is 1. The van der Waals surface area contributed by atoms with E-state index in [4.69, 9.17) is 11.6 Å². The quantitative estimate of drug-likeness (QED) is 0.825. The lowest BCUT2D eigenvalue weighted by Crippen LogP contribution is -2.41. The third-order valence-corrected chi connectivity index (χ3v) is 7.32. The zero-order valence-electron chi connectivity index (χ0n) is 15.1. The van der Waals surface area contributed by atoms with E-state index in [1.807, 2.05) is 0 Å². The zero-order chi connectivity index (χ0) is 18.7. The van der Waals surface area contributed by atoms with Crippen molar-refractivity contribution >= 4 is 33.2 Å². The molecule has 8 heteroatoms. The summed E-state index contributed by atoms with van der Waals surface area (Å²) in [5.74, 6) is -0.0871. The second-order valence-corrected chi connectivity index (χ2v) is 9.48. The van der Waals surface area contributed by atoms with E-state index < -0.39 is 10.0 Å². The van der Waals surface area contributed by atoms with Crippen molar-refractivity contribution in [3.8, 4) is 0 Å². The molecule has 2 aliphatic rings. The van der Waals surface area contributed by atoms with Gasteiger partial charge in [0.25, 0.3) is 5.91 Å². The lowest BCUT2D eigenvalue weighted by Gasteiger charge is -2.29. The van der Waals surface area contributed by atoms with Crippen LogP contribution in [0.3, 0.4) is 0 Å². The molecular formula is C18H26ClN3O3S. The first-order valence-corrected chi connectivity index (χ1v) is 11.2. The van der Waals surface area contributed by atoms with Crippen molar-refractivity contribution in [1.29, 1.82) is 0 Å². The van der Waals surface area contributed by atoms with Gasteiger partial charge in [-0.3, -0.25) is 14.0 Å². The molecule has 0 aromatic heterocycles. The maximum absolute atomic E-state index is 12.5. The van der Waals surface area contributed by atoms with Crippen molar-refractivity contribution in [2.45, 2.75) is 38.6 Å². The largest absolute Gasteiger partial charge is 0.350 e. The molecule has 1 atom stereocenters. The number of nitrogens with zero attached hydrogens (tertiary/aromatic N) is 2. The van der Waals surface area contributed by atoms with Crippen LogP contribution in [0.4, 0.5) is 5.69 Å². The maximum Gasteiger partial charge on any atom is 0.251 e. The Morgan fingerprint density at radius 3 is 2.58 bits per heavy atom. The number of nitrogens with one attached hydrogen (secondary N) is 1. The lowest BCUT2D eigenvalue weighted by molar-refractivity contribution is 0.0940. The first-order chi connectivity index (χ1) is 12.4. The van der Waals surface area contributed by atoms with Crippen LogP contribution in [-0.2, 0) is 10.0 Å². The van der Waals surface area contributed by atoms with E-state index in [-0.39, 0.29) is 17.7 Å². The number of carbonyl (C=O) groups is 1. The van der Waals surface area contributed by atoms with Gasteiger partial charge in [0.15, 0.2) is 0 Å². The molecule has 1 amide bonds. The second-order valence-electron chi connectivity index (χ2n) is 7.06. The van der Waals surface area contributed by atoms with Crippen LogP contribution in [-0.4, -0.2) is 57.2 Å². The Bertz CT molecular complexity index is 763. The molecule has 2 aliphatic heterocycles. The highest BCUT2D eigenvalue weighted by Crippen LogP contribution is 2.31. The molecule has 144 valence electrons. The van der Waals surface area contributed by atoms with Crippen molar-refractivity contribution in [2.75, 3.05) is 36.2 Å². The summed E-state index contributed by atoms with van der Waals surface area (Å²) in [5.41, 5.74) is 0.824. The second kappa shape index (κ2) is 8.15. The number of benzene rings is 1. The number of hydrogen-bond acceptors (Lipinski definition) is 4. The van der Waals surface area contributed by atoms with E-state index in [1.165, 1.54) is 17.1 Å². The van der Waals surface area contributed by atoms with Gasteiger partial charge in [-0.1, -0.05) is 11.6 Å². The van der Waals surface area contributed by atoms with Crippen molar-refractivity contribution in [3.63, 3.8) is 0 Å². The number of sulfonamides is 1. The Morgan fingerprint density at radius 1 is 1.19 bits per heavy atom. The van der Waals surface area contributed by atoms with Crippen LogP contribution >= 0.6 is 11.6 Å². The number of amides is 1. The number of hydrogen-bond donors (Lipinski definition) is 1. The minimum Gasteiger partial charge on any atom is -0.350 e. The van der Waals surface area contributed by atoms with Gasteiger partial charge in [-0.25, -0.2) is 8.42 Å². The summed E-state index contributed by atoms with van der Waals surface area (Å²) in [4.78, 5) is 14.9. The molecule has 0 saturated carbocycles. The molecule has 2 saturated heterocycles. The number of anilines is 1. The van der Waals surface area contributed by atoms with E-state index in [0.29, 0.717) is 35.8 Å². The van der Waals surface area contributed by atoms with Gasteiger partial charge in [0.2, 0.25) is 10.0 Å². The van der Waals surface area contributed by atoms with Gasteiger partial charge in [0.1, 0.15) is 0 Å². The monoisotopic (exact) mass is 399 g/mol. The minimum absolute atomic E-state index is 0.118. The molecular weight excluding hydrogens is 374 g/mol. The summed E-state index contributed by atoms with van der Waals surface area (Å²) < 4.78 is 26.0. The number of carbonyl (C=O) groups excluding carboxylic acids is 1. The normalized spacial score (nSPS) is 21.5. The molecule has 1 N–H and O–H groups in total. The topological polar surface area (TPSA) is 69.7 Å². The Balaban J connectivity index is 1.71. The fourth-order valence-electron chi connectivity index (χ4n) is 3.56. The van der Waals surface area contributed by atoms with Crippen LogP contribution in [0.5, 0.6) is 0 Å². The van der Waals surface area contributed by atoms with Crippen LogP contribution in [0.15, 0.2) is 18.2 Å². The first kappa shape index (κ1) is 19.5. The molecule has 2 fully saturated rings. The van der Waals surface area contributed by atoms with E-state index in [0.717, 1.165) is 19.5 Å². The summed E-state index contributed by atoms with van der Waals surface area (Å²) in [6.07, 6.45) is 3.87. The summed E-state index contributed by atoms with van der Waals surface area (Å²) in [5, 5.41) is 3.30. The van der Waals surface area contributed by atoms with Crippen LogP contribution < -0.4 is 9.62 Å². The van der Waals surface area contributed by atoms with Crippen molar-refractivity contribution in [3.05, 3.63) is 28.8 Å². The summed E-state index contributed by atoms with van der Waals surface area (Å²) in [6, 6.07) is 5.11. The van der Waals surface area contributed by atoms with E-state index in [1.54, 1.807) is 18.2 Å². The molecule has 2 heterocycles. The highest BCUT2D eigenvalue weighted by atomic mass is 35.5. The molecule has 1 aromatic carbocycles. The fourth-order valence-corrected chi connectivity index (χ4v) is 5.48. The van der Waals surface area contributed by atoms with E-state index in [2.05, 4.69) is 17.1 Å². The molecule has 26 heavy (non-hydrogen) atoms. The molecule has 0 radical (unpaired) electrons.